The van der Waals surface area contributed by atoms with Crippen molar-refractivity contribution in [3.8, 4) is 17.2 Å². The van der Waals surface area contributed by atoms with E-state index in [1.165, 1.54) is 0 Å². The van der Waals surface area contributed by atoms with Crippen LogP contribution in [0, 0.1) is 6.92 Å². The van der Waals surface area contributed by atoms with Gasteiger partial charge in [0.05, 0.1) is 11.6 Å². The molecule has 0 saturated carbocycles. The zero-order valence-electron chi connectivity index (χ0n) is 18.2. The normalized spacial score (nSPS) is 14.1. The minimum absolute atomic E-state index is 0.211. The van der Waals surface area contributed by atoms with E-state index in [0.29, 0.717) is 34.7 Å². The van der Waals surface area contributed by atoms with Crippen molar-refractivity contribution < 1.29 is 23.7 Å². The summed E-state index contributed by atoms with van der Waals surface area (Å²) in [6.07, 6.45) is 1.65. The van der Waals surface area contributed by atoms with E-state index in [2.05, 4.69) is 20.9 Å². The van der Waals surface area contributed by atoms with Crippen molar-refractivity contribution in [1.82, 2.24) is 0 Å². The zero-order valence-corrected chi connectivity index (χ0v) is 19.8. The Kier molecular flexibility index (Phi) is 7.10. The first-order valence-electron chi connectivity index (χ1n) is 10.3. The summed E-state index contributed by atoms with van der Waals surface area (Å²) >= 11 is 3.53. The maximum absolute atomic E-state index is 12.3. The number of aryl methyl sites for hydroxylation is 1. The molecule has 0 aliphatic carbocycles. The van der Waals surface area contributed by atoms with Crippen molar-refractivity contribution in [2.45, 2.75) is 6.92 Å². The van der Waals surface area contributed by atoms with Crippen molar-refractivity contribution in [2.75, 3.05) is 20.3 Å². The third-order valence-electron chi connectivity index (χ3n) is 4.78. The van der Waals surface area contributed by atoms with Gasteiger partial charge in [-0.3, -0.25) is 0 Å². The van der Waals surface area contributed by atoms with Crippen LogP contribution < -0.4 is 14.2 Å². The van der Waals surface area contributed by atoms with E-state index in [0.717, 1.165) is 16.9 Å². The molecule has 1 aliphatic rings. The van der Waals surface area contributed by atoms with Gasteiger partial charge in [-0.05, 0) is 76.5 Å². The van der Waals surface area contributed by atoms with Gasteiger partial charge in [-0.1, -0.05) is 30.3 Å². The number of hydrogen-bond donors (Lipinski definition) is 0. The number of hydrogen-bond acceptors (Lipinski definition) is 6. The molecule has 0 atom stereocenters. The Hall–Kier alpha value is -3.58. The maximum Gasteiger partial charge on any atom is 0.363 e. The Balaban J connectivity index is 1.47. The minimum atomic E-state index is -0.502. The molecule has 0 radical (unpaired) electrons. The largest absolute Gasteiger partial charge is 0.493 e. The van der Waals surface area contributed by atoms with Gasteiger partial charge in [0, 0.05) is 5.56 Å². The van der Waals surface area contributed by atoms with Gasteiger partial charge in [-0.15, -0.1) is 0 Å². The molecule has 3 aromatic rings. The molecule has 7 heteroatoms. The average Bonchev–Trinajstić information content (AvgIpc) is 3.18. The van der Waals surface area contributed by atoms with Crippen molar-refractivity contribution in [3.63, 3.8) is 0 Å². The SMILES string of the molecule is COc1cc(/C=C2\N=C(c3ccccc3)OC2=O)cc(Br)c1OCCOc1cccc(C)c1. The lowest BCUT2D eigenvalue weighted by Crippen LogP contribution is -2.10. The first kappa shape index (κ1) is 22.6. The molecule has 0 bridgehead atoms. The standard InChI is InChI=1S/C26H22BrNO5/c1-17-7-6-10-20(13-17)31-11-12-32-24-21(27)14-18(16-23(24)30-2)15-22-26(29)33-25(28-22)19-8-4-3-5-9-19/h3-10,13-16H,11-12H2,1-2H3/b22-15-. The Bertz CT molecular complexity index is 1220. The number of nitrogens with zero attached hydrogens (tertiary/aromatic N) is 1. The fourth-order valence-corrected chi connectivity index (χ4v) is 3.82. The summed E-state index contributed by atoms with van der Waals surface area (Å²) in [5, 5.41) is 0. The molecule has 0 fully saturated rings. The number of aliphatic imine (C=N–C) groups is 1. The molecule has 0 unspecified atom stereocenters. The number of cyclic esters (lactones) is 1. The highest BCUT2D eigenvalue weighted by molar-refractivity contribution is 9.10. The van der Waals surface area contributed by atoms with Gasteiger partial charge in [0.15, 0.2) is 17.2 Å². The molecule has 0 spiro atoms. The summed E-state index contributed by atoms with van der Waals surface area (Å²) in [5.74, 6) is 1.65. The van der Waals surface area contributed by atoms with Crippen LogP contribution in [0.3, 0.4) is 0 Å². The molecule has 3 aromatic carbocycles. The van der Waals surface area contributed by atoms with Crippen LogP contribution in [0.15, 0.2) is 81.9 Å². The second-order valence-electron chi connectivity index (χ2n) is 7.25. The van der Waals surface area contributed by atoms with E-state index in [9.17, 15) is 4.79 Å². The van der Waals surface area contributed by atoms with Gasteiger partial charge >= 0.3 is 5.97 Å². The first-order chi connectivity index (χ1) is 16.0. The Morgan fingerprint density at radius 1 is 1.00 bits per heavy atom. The second-order valence-corrected chi connectivity index (χ2v) is 8.10. The molecule has 0 N–H and O–H groups in total. The molecular weight excluding hydrogens is 486 g/mol. The van der Waals surface area contributed by atoms with Gasteiger partial charge in [-0.2, -0.15) is 0 Å². The second kappa shape index (κ2) is 10.4. The lowest BCUT2D eigenvalue weighted by Gasteiger charge is -2.14. The van der Waals surface area contributed by atoms with Crippen LogP contribution in [0.2, 0.25) is 0 Å². The average molecular weight is 508 g/mol. The smallest absolute Gasteiger partial charge is 0.363 e. The number of methoxy groups -OCH3 is 1. The van der Waals surface area contributed by atoms with Gasteiger partial charge < -0.3 is 18.9 Å². The number of esters is 1. The van der Waals surface area contributed by atoms with E-state index in [-0.39, 0.29) is 11.6 Å². The van der Waals surface area contributed by atoms with Crippen LogP contribution in [0.5, 0.6) is 17.2 Å². The molecule has 4 rings (SSSR count). The van der Waals surface area contributed by atoms with Crippen molar-refractivity contribution in [3.05, 3.63) is 93.6 Å². The molecular formula is C26H22BrNO5. The van der Waals surface area contributed by atoms with Crippen LogP contribution in [0.1, 0.15) is 16.7 Å². The summed E-state index contributed by atoms with van der Waals surface area (Å²) in [4.78, 5) is 16.6. The summed E-state index contributed by atoms with van der Waals surface area (Å²) in [7, 11) is 1.56. The Morgan fingerprint density at radius 2 is 1.79 bits per heavy atom. The molecule has 0 amide bonds. The monoisotopic (exact) mass is 507 g/mol. The van der Waals surface area contributed by atoms with E-state index in [4.69, 9.17) is 18.9 Å². The van der Waals surface area contributed by atoms with Crippen LogP contribution in [-0.4, -0.2) is 32.2 Å². The Labute approximate surface area is 200 Å². The number of halogens is 1. The highest BCUT2D eigenvalue weighted by atomic mass is 79.9. The van der Waals surface area contributed by atoms with Crippen molar-refractivity contribution in [1.29, 1.82) is 0 Å². The van der Waals surface area contributed by atoms with Gasteiger partial charge in [0.25, 0.3) is 0 Å². The van der Waals surface area contributed by atoms with Crippen LogP contribution >= 0.6 is 15.9 Å². The summed E-state index contributed by atoms with van der Waals surface area (Å²) in [6, 6.07) is 20.7. The predicted octanol–water partition coefficient (Wildman–Crippen LogP) is 5.57. The molecule has 33 heavy (non-hydrogen) atoms. The molecule has 168 valence electrons. The maximum atomic E-state index is 12.3. The number of benzene rings is 3. The highest BCUT2D eigenvalue weighted by Crippen LogP contribution is 2.37. The van der Waals surface area contributed by atoms with Crippen LogP contribution in [-0.2, 0) is 9.53 Å². The fourth-order valence-electron chi connectivity index (χ4n) is 3.24. The quantitative estimate of drug-likeness (QED) is 0.226. The molecule has 0 aromatic heterocycles. The molecule has 6 nitrogen and oxygen atoms in total. The summed E-state index contributed by atoms with van der Waals surface area (Å²) < 4.78 is 23.1. The van der Waals surface area contributed by atoms with Gasteiger partial charge in [0.1, 0.15) is 19.0 Å². The summed E-state index contributed by atoms with van der Waals surface area (Å²) in [6.45, 7) is 2.73. The van der Waals surface area contributed by atoms with Crippen molar-refractivity contribution >= 4 is 33.9 Å². The van der Waals surface area contributed by atoms with E-state index >= 15 is 0 Å². The van der Waals surface area contributed by atoms with E-state index < -0.39 is 5.97 Å². The highest BCUT2D eigenvalue weighted by Gasteiger charge is 2.24. The molecule has 0 saturated heterocycles. The summed E-state index contributed by atoms with van der Waals surface area (Å²) in [5.41, 5.74) is 2.80. The van der Waals surface area contributed by atoms with Crippen LogP contribution in [0.4, 0.5) is 0 Å². The number of carbonyl (C=O) groups is 1. The lowest BCUT2D eigenvalue weighted by molar-refractivity contribution is -0.129. The van der Waals surface area contributed by atoms with Gasteiger partial charge in [-0.25, -0.2) is 9.79 Å². The zero-order chi connectivity index (χ0) is 23.2. The molecule has 1 aliphatic heterocycles. The topological polar surface area (TPSA) is 66.4 Å². The first-order valence-corrected chi connectivity index (χ1v) is 11.1. The van der Waals surface area contributed by atoms with Crippen molar-refractivity contribution in [2.24, 2.45) is 4.99 Å². The predicted molar refractivity (Wildman–Crippen MR) is 130 cm³/mol. The molecule has 1 heterocycles. The minimum Gasteiger partial charge on any atom is -0.493 e. The van der Waals surface area contributed by atoms with Crippen LogP contribution in [0.25, 0.3) is 6.08 Å². The third kappa shape index (κ3) is 5.62. The lowest BCUT2D eigenvalue weighted by atomic mass is 10.1. The number of carbonyl (C=O) groups excluding carboxylic acids is 1. The van der Waals surface area contributed by atoms with Gasteiger partial charge in [0.2, 0.25) is 5.90 Å². The number of rotatable bonds is 8. The van der Waals surface area contributed by atoms with E-state index in [1.807, 2.05) is 67.6 Å². The number of ether oxygens (including phenoxy) is 4. The van der Waals surface area contributed by atoms with E-state index in [1.54, 1.807) is 19.3 Å². The third-order valence-corrected chi connectivity index (χ3v) is 5.37. The Morgan fingerprint density at radius 3 is 2.55 bits per heavy atom. The fraction of sp³-hybridized carbons (Fsp3) is 0.154.